The third kappa shape index (κ3) is 2.74. The van der Waals surface area contributed by atoms with Crippen LogP contribution in [0.1, 0.15) is 38.5 Å². The van der Waals surface area contributed by atoms with Gasteiger partial charge in [-0.05, 0) is 56.3 Å². The molecule has 0 aromatic carbocycles. The normalized spacial score (nSPS) is 43.5. The van der Waals surface area contributed by atoms with E-state index in [4.69, 9.17) is 12.2 Å². The molecular weight excluding hydrogens is 295 g/mol. The summed E-state index contributed by atoms with van der Waals surface area (Å²) in [6, 6.07) is 0. The van der Waals surface area contributed by atoms with E-state index in [0.717, 1.165) is 35.2 Å². The summed E-state index contributed by atoms with van der Waals surface area (Å²) >= 11 is 9.52. The maximum absolute atomic E-state index is 5.19. The van der Waals surface area contributed by atoms with Gasteiger partial charge < -0.3 is 4.90 Å². The number of nitrogens with zero attached hydrogens (tertiary/aromatic N) is 2. The molecule has 2 nitrogen and oxygen atoms in total. The molecule has 5 rings (SSSR count). The van der Waals surface area contributed by atoms with E-state index in [0.29, 0.717) is 5.54 Å². The van der Waals surface area contributed by atoms with Crippen LogP contribution in [0.2, 0.25) is 0 Å². The summed E-state index contributed by atoms with van der Waals surface area (Å²) in [5, 5.41) is 0. The third-order valence-corrected chi connectivity index (χ3v) is 6.77. The molecule has 0 aromatic rings. The van der Waals surface area contributed by atoms with E-state index < -0.39 is 0 Å². The summed E-state index contributed by atoms with van der Waals surface area (Å²) in [5.41, 5.74) is 0.582. The van der Waals surface area contributed by atoms with Gasteiger partial charge in [0.15, 0.2) is 0 Å². The van der Waals surface area contributed by atoms with Crippen LogP contribution in [0.5, 0.6) is 0 Å². The monoisotopic (exact) mass is 320 g/mol. The Morgan fingerprint density at radius 3 is 1.75 bits per heavy atom. The zero-order valence-corrected chi connectivity index (χ0v) is 13.3. The molecule has 5 heteroatoms. The Kier molecular flexibility index (Phi) is 4.83. The minimum absolute atomic E-state index is 0. The van der Waals surface area contributed by atoms with Gasteiger partial charge in [0.1, 0.15) is 4.32 Å². The van der Waals surface area contributed by atoms with Gasteiger partial charge in [-0.25, -0.2) is 0 Å². The van der Waals surface area contributed by atoms with Crippen molar-refractivity contribution in [3.8, 4) is 0 Å². The van der Waals surface area contributed by atoms with Crippen LogP contribution in [0.25, 0.3) is 0 Å². The molecule has 4 aliphatic carbocycles. The van der Waals surface area contributed by atoms with E-state index in [1.165, 1.54) is 32.4 Å². The fourth-order valence-electron chi connectivity index (χ4n) is 5.82. The van der Waals surface area contributed by atoms with Crippen molar-refractivity contribution in [3.63, 3.8) is 0 Å². The fourth-order valence-corrected chi connectivity index (χ4v) is 6.21. The Morgan fingerprint density at radius 2 is 1.35 bits per heavy atom. The molecule has 1 heterocycles. The predicted octanol–water partition coefficient (Wildman–Crippen LogP) is 2.14. The van der Waals surface area contributed by atoms with Crippen molar-refractivity contribution < 1.29 is 0 Å². The van der Waals surface area contributed by atoms with E-state index in [1.807, 2.05) is 0 Å². The number of piperazine rings is 1. The first-order chi connectivity index (χ1) is 9.14. The van der Waals surface area contributed by atoms with E-state index in [1.54, 1.807) is 19.3 Å². The van der Waals surface area contributed by atoms with Crippen molar-refractivity contribution in [1.82, 2.24) is 9.80 Å². The summed E-state index contributed by atoms with van der Waals surface area (Å²) in [7, 11) is 0. The fraction of sp³-hybridized carbons (Fsp3) is 0.933. The summed E-state index contributed by atoms with van der Waals surface area (Å²) in [4.78, 5) is 5.09. The van der Waals surface area contributed by atoms with Crippen molar-refractivity contribution >= 4 is 58.7 Å². The average Bonchev–Trinajstić information content (AvgIpc) is 2.37. The van der Waals surface area contributed by atoms with Gasteiger partial charge in [0.2, 0.25) is 0 Å². The van der Waals surface area contributed by atoms with Crippen molar-refractivity contribution in [2.75, 3.05) is 26.2 Å². The standard InChI is InChI=1S/C15H24N2S2.Na.H/c18-14(19)16-1-3-17(4-2-16)15-8-11-5-12(9-15)7-13(6-11)10-15;;/h11-13H,1-10H2,(H,18,19);;. The van der Waals surface area contributed by atoms with Crippen molar-refractivity contribution in [2.45, 2.75) is 44.1 Å². The van der Waals surface area contributed by atoms with Crippen molar-refractivity contribution in [3.05, 3.63) is 0 Å². The van der Waals surface area contributed by atoms with Gasteiger partial charge in [-0.2, -0.15) is 0 Å². The molecule has 0 spiro atoms. The summed E-state index contributed by atoms with van der Waals surface area (Å²) < 4.78 is 0.783. The van der Waals surface area contributed by atoms with Gasteiger partial charge in [-0.1, -0.05) is 12.2 Å². The SMILES string of the molecule is S=C(S)N1CCN(C23CC4CC(CC(C4)C2)C3)CC1.[NaH]. The maximum atomic E-state index is 5.19. The van der Waals surface area contributed by atoms with E-state index >= 15 is 0 Å². The molecule has 0 atom stereocenters. The predicted molar refractivity (Wildman–Crippen MR) is 92.8 cm³/mol. The van der Waals surface area contributed by atoms with E-state index in [9.17, 15) is 0 Å². The number of thiocarbonyl (C=S) groups is 1. The molecule has 4 bridgehead atoms. The first-order valence-electron chi connectivity index (χ1n) is 7.87. The Balaban J connectivity index is 0.00000121. The second-order valence-electron chi connectivity index (χ2n) is 7.40. The summed E-state index contributed by atoms with van der Waals surface area (Å²) in [5.74, 6) is 3.15. The molecule has 4 saturated carbocycles. The molecule has 0 radical (unpaired) electrons. The summed E-state index contributed by atoms with van der Waals surface area (Å²) in [6.07, 6.45) is 9.10. The average molecular weight is 321 g/mol. The Morgan fingerprint density at radius 1 is 0.900 bits per heavy atom. The van der Waals surface area contributed by atoms with Crippen LogP contribution in [-0.4, -0.2) is 75.4 Å². The molecule has 5 fully saturated rings. The second kappa shape index (κ2) is 6.01. The number of hydrogen-bond acceptors (Lipinski definition) is 2. The van der Waals surface area contributed by atoms with Gasteiger partial charge in [0.05, 0.1) is 0 Å². The Labute approximate surface area is 155 Å². The first-order valence-corrected chi connectivity index (χ1v) is 8.73. The van der Waals surface area contributed by atoms with Gasteiger partial charge in [0.25, 0.3) is 0 Å². The first kappa shape index (κ1) is 16.1. The van der Waals surface area contributed by atoms with Gasteiger partial charge in [-0.15, -0.1) is 12.6 Å². The molecule has 20 heavy (non-hydrogen) atoms. The second-order valence-corrected chi connectivity index (χ2v) is 8.51. The molecule has 0 unspecified atom stereocenters. The zero-order chi connectivity index (χ0) is 13.0. The van der Waals surface area contributed by atoms with Crippen LogP contribution in [0, 0.1) is 17.8 Å². The number of rotatable bonds is 1. The number of hydrogen-bond donors (Lipinski definition) is 1. The molecule has 0 amide bonds. The van der Waals surface area contributed by atoms with E-state index in [2.05, 4.69) is 22.4 Å². The molecule has 1 saturated heterocycles. The van der Waals surface area contributed by atoms with Crippen LogP contribution < -0.4 is 0 Å². The molecule has 0 N–H and O–H groups in total. The molecule has 1 aliphatic heterocycles. The van der Waals surface area contributed by atoms with Crippen LogP contribution in [0.15, 0.2) is 0 Å². The minimum atomic E-state index is 0. The van der Waals surface area contributed by atoms with Gasteiger partial charge >= 0.3 is 29.6 Å². The third-order valence-electron chi connectivity index (χ3n) is 6.23. The molecule has 108 valence electrons. The number of thiol groups is 1. The molecule has 5 aliphatic rings. The Bertz CT molecular complexity index is 358. The van der Waals surface area contributed by atoms with Crippen molar-refractivity contribution in [1.29, 1.82) is 0 Å². The molecule has 0 aromatic heterocycles. The topological polar surface area (TPSA) is 6.48 Å². The van der Waals surface area contributed by atoms with Gasteiger partial charge in [-0.3, -0.25) is 4.90 Å². The Hall–Kier alpha value is 1.20. The van der Waals surface area contributed by atoms with Crippen LogP contribution in [0.4, 0.5) is 0 Å². The quantitative estimate of drug-likeness (QED) is 0.450. The van der Waals surface area contributed by atoms with Crippen LogP contribution in [-0.2, 0) is 0 Å². The van der Waals surface area contributed by atoms with Crippen molar-refractivity contribution in [2.24, 2.45) is 17.8 Å². The summed E-state index contributed by atoms with van der Waals surface area (Å²) in [6.45, 7) is 4.58. The van der Waals surface area contributed by atoms with Crippen LogP contribution in [0.3, 0.4) is 0 Å². The molecular formula is C15H25N2NaS2. The van der Waals surface area contributed by atoms with Crippen LogP contribution >= 0.6 is 24.8 Å². The van der Waals surface area contributed by atoms with Gasteiger partial charge in [0, 0.05) is 31.7 Å². The van der Waals surface area contributed by atoms with E-state index in [-0.39, 0.29) is 29.6 Å². The zero-order valence-electron chi connectivity index (χ0n) is 11.6.